The van der Waals surface area contributed by atoms with E-state index in [4.69, 9.17) is 9.47 Å². The predicted molar refractivity (Wildman–Crippen MR) is 166 cm³/mol. The number of nitriles is 1. The van der Waals surface area contributed by atoms with Crippen LogP contribution in [-0.2, 0) is 4.74 Å². The van der Waals surface area contributed by atoms with Crippen molar-refractivity contribution < 1.29 is 14.3 Å². The van der Waals surface area contributed by atoms with Gasteiger partial charge in [-0.25, -0.2) is 0 Å². The zero-order chi connectivity index (χ0) is 29.7. The lowest BCUT2D eigenvalue weighted by Gasteiger charge is -2.34. The molecule has 0 spiro atoms. The summed E-state index contributed by atoms with van der Waals surface area (Å²) in [6.07, 6.45) is 5.96. The van der Waals surface area contributed by atoms with Crippen molar-refractivity contribution in [3.05, 3.63) is 82.7 Å². The first-order valence-corrected chi connectivity index (χ1v) is 14.4. The normalized spacial score (nSPS) is 14.0. The number of rotatable bonds is 7. The van der Waals surface area contributed by atoms with E-state index in [1.165, 1.54) is 0 Å². The summed E-state index contributed by atoms with van der Waals surface area (Å²) in [6.45, 7) is 17.4. The molecular weight excluding hydrogens is 496 g/mol. The number of pyridine rings is 1. The summed E-state index contributed by atoms with van der Waals surface area (Å²) in [7, 11) is 0. The van der Waals surface area contributed by atoms with Crippen LogP contribution in [0.5, 0.6) is 5.75 Å². The van der Waals surface area contributed by atoms with Crippen LogP contribution in [0.2, 0.25) is 0 Å². The molecule has 5 heteroatoms. The average Bonchev–Trinajstić information content (AvgIpc) is 3.00. The van der Waals surface area contributed by atoms with Gasteiger partial charge in [0, 0.05) is 31.0 Å². The molecule has 212 valence electrons. The third-order valence-corrected chi connectivity index (χ3v) is 6.90. The van der Waals surface area contributed by atoms with E-state index in [9.17, 15) is 10.1 Å². The summed E-state index contributed by atoms with van der Waals surface area (Å²) in [4.78, 5) is 16.5. The fourth-order valence-corrected chi connectivity index (χ4v) is 4.47. The quantitative estimate of drug-likeness (QED) is 0.279. The number of carbonyl (C=O) groups is 1. The lowest BCUT2D eigenvalue weighted by Crippen LogP contribution is -2.38. The van der Waals surface area contributed by atoms with Gasteiger partial charge < -0.3 is 9.47 Å². The number of nitrogens with zero attached hydrogens (tertiary/aromatic N) is 2. The van der Waals surface area contributed by atoms with Crippen molar-refractivity contribution in [2.24, 2.45) is 0 Å². The highest BCUT2D eigenvalue weighted by Crippen LogP contribution is 2.34. The molecule has 1 saturated heterocycles. The summed E-state index contributed by atoms with van der Waals surface area (Å²) >= 11 is 0. The Kier molecular flexibility index (Phi) is 12.8. The maximum Gasteiger partial charge on any atom is 0.162 e. The van der Waals surface area contributed by atoms with Gasteiger partial charge in [-0.2, -0.15) is 5.26 Å². The Balaban J connectivity index is 0.00000134. The molecule has 40 heavy (non-hydrogen) atoms. The van der Waals surface area contributed by atoms with Gasteiger partial charge in [0.15, 0.2) is 5.78 Å². The third kappa shape index (κ3) is 8.13. The Hall–Kier alpha value is -3.75. The van der Waals surface area contributed by atoms with Gasteiger partial charge in [0.2, 0.25) is 0 Å². The molecule has 1 aromatic heterocycles. The van der Waals surface area contributed by atoms with Crippen molar-refractivity contribution in [3.8, 4) is 22.9 Å². The highest BCUT2D eigenvalue weighted by Gasteiger charge is 2.30. The fraction of sp³-hybridized carbons (Fsp3) is 0.400. The van der Waals surface area contributed by atoms with Gasteiger partial charge in [-0.05, 0) is 72.9 Å². The van der Waals surface area contributed by atoms with Gasteiger partial charge in [-0.1, -0.05) is 65.0 Å². The molecule has 0 bridgehead atoms. The molecule has 1 aliphatic heterocycles. The van der Waals surface area contributed by atoms with Crippen molar-refractivity contribution in [1.82, 2.24) is 4.98 Å². The van der Waals surface area contributed by atoms with Crippen LogP contribution in [0.15, 0.2) is 54.7 Å². The average molecular weight is 541 g/mol. The predicted octanol–water partition coefficient (Wildman–Crippen LogP) is 9.08. The SMILES string of the molecule is CC.CC.CCC(=O)c1ccc(/C(C)=C/c2nccc(-c3ccc(OC4(C)CCOCC4)c(C#N)c3)c2C)cc1. The zero-order valence-corrected chi connectivity index (χ0v) is 25.4. The molecule has 0 saturated carbocycles. The number of Topliss-reactive ketones (excluding diaryl/α,β-unsaturated/α-hetero) is 1. The minimum atomic E-state index is -0.324. The number of carbonyl (C=O) groups excluding carboxylic acids is 1. The minimum Gasteiger partial charge on any atom is -0.486 e. The topological polar surface area (TPSA) is 72.2 Å². The highest BCUT2D eigenvalue weighted by atomic mass is 16.5. The second kappa shape index (κ2) is 15.7. The van der Waals surface area contributed by atoms with Gasteiger partial charge in [0.05, 0.1) is 24.5 Å². The van der Waals surface area contributed by atoms with E-state index >= 15 is 0 Å². The maximum absolute atomic E-state index is 11.9. The number of ether oxygens (including phenoxy) is 2. The van der Waals surface area contributed by atoms with Crippen molar-refractivity contribution in [2.45, 2.75) is 80.3 Å². The van der Waals surface area contributed by atoms with E-state index in [1.54, 1.807) is 6.20 Å². The van der Waals surface area contributed by atoms with Gasteiger partial charge in [-0.15, -0.1) is 0 Å². The first-order chi connectivity index (χ1) is 19.3. The summed E-state index contributed by atoms with van der Waals surface area (Å²) in [5.74, 6) is 0.752. The molecule has 5 nitrogen and oxygen atoms in total. The second-order valence-corrected chi connectivity index (χ2v) is 9.54. The fourth-order valence-electron chi connectivity index (χ4n) is 4.47. The summed E-state index contributed by atoms with van der Waals surface area (Å²) in [5, 5.41) is 9.84. The Labute approximate surface area is 240 Å². The van der Waals surface area contributed by atoms with Gasteiger partial charge in [-0.3, -0.25) is 9.78 Å². The van der Waals surface area contributed by atoms with Crippen molar-refractivity contribution >= 4 is 17.4 Å². The van der Waals surface area contributed by atoms with Crippen LogP contribution in [0.4, 0.5) is 0 Å². The molecule has 0 unspecified atom stereocenters. The smallest absolute Gasteiger partial charge is 0.162 e. The molecule has 0 aliphatic carbocycles. The summed E-state index contributed by atoms with van der Waals surface area (Å²) in [6, 6.07) is 17.8. The molecule has 4 rings (SSSR count). The number of hydrogen-bond donors (Lipinski definition) is 0. The molecular formula is C35H44N2O3. The van der Waals surface area contributed by atoms with Crippen LogP contribution >= 0.6 is 0 Å². The lowest BCUT2D eigenvalue weighted by molar-refractivity contribution is -0.0344. The van der Waals surface area contributed by atoms with Crippen LogP contribution in [0.25, 0.3) is 22.8 Å². The standard InChI is InChI=1S/C31H32N2O3.2C2H6/c1-5-29(34)24-8-6-23(7-9-24)21(2)18-28-22(3)27(12-15-33-28)25-10-11-30(26(19-25)20-32)36-31(4)13-16-35-17-14-31;2*1-2/h6-12,15,18-19H,5,13-14,16-17H2,1-4H3;2*1-2H3/b21-18+;;. The first kappa shape index (κ1) is 32.5. The molecule has 1 fully saturated rings. The Bertz CT molecular complexity index is 1330. The van der Waals surface area contributed by atoms with Crippen molar-refractivity contribution in [2.75, 3.05) is 13.2 Å². The lowest BCUT2D eigenvalue weighted by atomic mass is 9.95. The zero-order valence-electron chi connectivity index (χ0n) is 25.4. The molecule has 3 aromatic rings. The molecule has 0 N–H and O–H groups in total. The van der Waals surface area contributed by atoms with Crippen LogP contribution in [0.1, 0.15) is 100 Å². The van der Waals surface area contributed by atoms with E-state index in [-0.39, 0.29) is 11.4 Å². The first-order valence-electron chi connectivity index (χ1n) is 14.4. The largest absolute Gasteiger partial charge is 0.486 e. The Morgan fingerprint density at radius 2 is 1.68 bits per heavy atom. The van der Waals surface area contributed by atoms with E-state index in [0.29, 0.717) is 30.9 Å². The number of ketones is 1. The van der Waals surface area contributed by atoms with Crippen LogP contribution in [-0.4, -0.2) is 29.6 Å². The van der Waals surface area contributed by atoms with E-state index < -0.39 is 0 Å². The van der Waals surface area contributed by atoms with Crippen molar-refractivity contribution in [1.29, 1.82) is 5.26 Å². The maximum atomic E-state index is 11.9. The molecule has 0 radical (unpaired) electrons. The molecule has 2 aromatic carbocycles. The third-order valence-electron chi connectivity index (χ3n) is 6.90. The van der Waals surface area contributed by atoms with E-state index in [1.807, 2.05) is 97.0 Å². The number of benzene rings is 2. The number of hydrogen-bond acceptors (Lipinski definition) is 5. The monoisotopic (exact) mass is 540 g/mol. The highest BCUT2D eigenvalue weighted by molar-refractivity contribution is 5.96. The molecule has 0 atom stereocenters. The van der Waals surface area contributed by atoms with Crippen molar-refractivity contribution in [3.63, 3.8) is 0 Å². The van der Waals surface area contributed by atoms with Crippen LogP contribution in [0, 0.1) is 18.3 Å². The van der Waals surface area contributed by atoms with Gasteiger partial charge >= 0.3 is 0 Å². The minimum absolute atomic E-state index is 0.142. The summed E-state index contributed by atoms with van der Waals surface area (Å²) < 4.78 is 11.8. The number of allylic oxidation sites excluding steroid dienone is 1. The van der Waals surface area contributed by atoms with Gasteiger partial charge in [0.25, 0.3) is 0 Å². The molecule has 2 heterocycles. The summed E-state index contributed by atoms with van der Waals surface area (Å²) in [5.41, 5.74) is 6.90. The van der Waals surface area contributed by atoms with E-state index in [0.717, 1.165) is 51.9 Å². The Morgan fingerprint density at radius 3 is 2.27 bits per heavy atom. The molecule has 0 amide bonds. The Morgan fingerprint density at radius 1 is 1.05 bits per heavy atom. The van der Waals surface area contributed by atoms with Crippen LogP contribution < -0.4 is 4.74 Å². The van der Waals surface area contributed by atoms with Gasteiger partial charge in [0.1, 0.15) is 17.4 Å². The second-order valence-electron chi connectivity index (χ2n) is 9.54. The van der Waals surface area contributed by atoms with E-state index in [2.05, 4.69) is 24.1 Å². The van der Waals surface area contributed by atoms with Crippen LogP contribution in [0.3, 0.4) is 0 Å². The molecule has 1 aliphatic rings. The number of aromatic nitrogens is 1.